The van der Waals surface area contributed by atoms with Crippen LogP contribution in [0.15, 0.2) is 42.7 Å². The fourth-order valence-electron chi connectivity index (χ4n) is 4.18. The molecular formula is C20H19F4N7. The first-order valence-corrected chi connectivity index (χ1v) is 9.84. The van der Waals surface area contributed by atoms with Crippen LogP contribution < -0.4 is 11.1 Å². The van der Waals surface area contributed by atoms with Crippen molar-refractivity contribution in [2.75, 3.05) is 5.32 Å². The second kappa shape index (κ2) is 6.91. The Morgan fingerprint density at radius 2 is 1.77 bits per heavy atom. The van der Waals surface area contributed by atoms with Crippen LogP contribution in [-0.4, -0.2) is 30.0 Å². The van der Waals surface area contributed by atoms with Crippen molar-refractivity contribution in [2.45, 2.75) is 43.4 Å². The predicted molar refractivity (Wildman–Crippen MR) is 105 cm³/mol. The van der Waals surface area contributed by atoms with Crippen LogP contribution in [0.1, 0.15) is 37.2 Å². The van der Waals surface area contributed by atoms with E-state index in [4.69, 9.17) is 5.73 Å². The van der Waals surface area contributed by atoms with Gasteiger partial charge in [0.15, 0.2) is 17.2 Å². The number of nitrogens with two attached hydrogens (primary N) is 1. The molecule has 5 rings (SSSR count). The average molecular weight is 433 g/mol. The third-order valence-electron chi connectivity index (χ3n) is 5.82. The molecule has 3 N–H and O–H groups in total. The minimum atomic E-state index is -4.51. The van der Waals surface area contributed by atoms with E-state index in [1.54, 1.807) is 22.6 Å². The van der Waals surface area contributed by atoms with E-state index in [1.807, 2.05) is 0 Å². The van der Waals surface area contributed by atoms with Crippen LogP contribution in [0.4, 0.5) is 23.4 Å². The maximum absolute atomic E-state index is 13.7. The van der Waals surface area contributed by atoms with Gasteiger partial charge in [0.1, 0.15) is 17.3 Å². The lowest BCUT2D eigenvalue weighted by Crippen LogP contribution is -2.44. The summed E-state index contributed by atoms with van der Waals surface area (Å²) in [5.41, 5.74) is 5.67. The third kappa shape index (κ3) is 3.48. The first kappa shape index (κ1) is 19.7. The summed E-state index contributed by atoms with van der Waals surface area (Å²) in [5.74, 6) is 0.635. The lowest BCUT2D eigenvalue weighted by Gasteiger charge is -2.36. The summed E-state index contributed by atoms with van der Waals surface area (Å²) in [6.07, 6.45) is 0.265. The number of aromatic nitrogens is 5. The molecule has 0 unspecified atom stereocenters. The van der Waals surface area contributed by atoms with Crippen LogP contribution in [0.25, 0.3) is 11.3 Å². The van der Waals surface area contributed by atoms with Crippen LogP contribution in [0.3, 0.4) is 0 Å². The van der Waals surface area contributed by atoms with Gasteiger partial charge in [-0.25, -0.2) is 9.37 Å². The molecule has 4 heterocycles. The Morgan fingerprint density at radius 3 is 2.52 bits per heavy atom. The highest BCUT2D eigenvalue weighted by molar-refractivity contribution is 5.52. The van der Waals surface area contributed by atoms with Gasteiger partial charge >= 0.3 is 6.18 Å². The Bertz CT molecular complexity index is 1250. The molecule has 11 heteroatoms. The molecule has 4 aromatic rings. The summed E-state index contributed by atoms with van der Waals surface area (Å²) < 4.78 is 55.7. The van der Waals surface area contributed by atoms with Crippen LogP contribution in [0, 0.1) is 5.82 Å². The smallest absolute Gasteiger partial charge is 0.368 e. The number of alkyl halides is 3. The Balaban J connectivity index is 1.35. The highest BCUT2D eigenvalue weighted by Crippen LogP contribution is 2.36. The van der Waals surface area contributed by atoms with Gasteiger partial charge in [0.25, 0.3) is 0 Å². The molecule has 0 atom stereocenters. The molecule has 0 saturated heterocycles. The molecule has 4 aromatic heterocycles. The number of imidazole rings is 1. The summed E-state index contributed by atoms with van der Waals surface area (Å²) in [6, 6.07) is 7.78. The van der Waals surface area contributed by atoms with E-state index >= 15 is 0 Å². The average Bonchev–Trinajstić information content (AvgIpc) is 3.34. The minimum Gasteiger partial charge on any atom is -0.368 e. The Labute approximate surface area is 173 Å². The number of rotatable bonds is 3. The summed E-state index contributed by atoms with van der Waals surface area (Å²) in [7, 11) is 0. The quantitative estimate of drug-likeness (QED) is 0.481. The second-order valence-electron chi connectivity index (χ2n) is 7.94. The monoisotopic (exact) mass is 433 g/mol. The van der Waals surface area contributed by atoms with Crippen molar-refractivity contribution in [3.05, 3.63) is 60.1 Å². The number of nitrogens with zero attached hydrogens (tertiary/aromatic N) is 5. The van der Waals surface area contributed by atoms with E-state index in [0.29, 0.717) is 43.0 Å². The Kier molecular flexibility index (Phi) is 4.40. The number of pyridine rings is 2. The van der Waals surface area contributed by atoms with Crippen molar-refractivity contribution in [2.24, 2.45) is 5.73 Å². The SMILES string of the molecule is NC1(c2nnc3ccc(F)cn23)CCC(Nc2cccc3nc(C(F)(F)F)cn23)CC1. The van der Waals surface area contributed by atoms with E-state index < -0.39 is 23.2 Å². The molecule has 31 heavy (non-hydrogen) atoms. The van der Waals surface area contributed by atoms with Crippen molar-refractivity contribution >= 4 is 17.1 Å². The molecule has 1 fully saturated rings. The first-order valence-electron chi connectivity index (χ1n) is 9.84. The lowest BCUT2D eigenvalue weighted by atomic mass is 9.79. The van der Waals surface area contributed by atoms with Gasteiger partial charge < -0.3 is 11.1 Å². The number of fused-ring (bicyclic) bond motifs is 2. The molecule has 0 radical (unpaired) electrons. The van der Waals surface area contributed by atoms with Crippen LogP contribution in [0.5, 0.6) is 0 Å². The normalized spacial score (nSPS) is 22.3. The molecule has 0 aliphatic heterocycles. The van der Waals surface area contributed by atoms with Gasteiger partial charge in [0.2, 0.25) is 0 Å². The Morgan fingerprint density at radius 1 is 1.00 bits per heavy atom. The zero-order valence-corrected chi connectivity index (χ0v) is 16.3. The summed E-state index contributed by atoms with van der Waals surface area (Å²) in [5, 5.41) is 11.6. The van der Waals surface area contributed by atoms with Crippen LogP contribution >= 0.6 is 0 Å². The molecule has 7 nitrogen and oxygen atoms in total. The van der Waals surface area contributed by atoms with E-state index in [2.05, 4.69) is 20.5 Å². The van der Waals surface area contributed by atoms with Crippen molar-refractivity contribution in [1.29, 1.82) is 0 Å². The maximum atomic E-state index is 13.7. The molecule has 0 aromatic carbocycles. The molecular weight excluding hydrogens is 414 g/mol. The molecule has 0 amide bonds. The van der Waals surface area contributed by atoms with Crippen molar-refractivity contribution in [3.63, 3.8) is 0 Å². The fraction of sp³-hybridized carbons (Fsp3) is 0.350. The van der Waals surface area contributed by atoms with Gasteiger partial charge in [-0.1, -0.05) is 6.07 Å². The number of nitrogens with one attached hydrogen (secondary N) is 1. The highest BCUT2D eigenvalue weighted by atomic mass is 19.4. The van der Waals surface area contributed by atoms with Gasteiger partial charge in [0.05, 0.1) is 5.54 Å². The highest BCUT2D eigenvalue weighted by Gasteiger charge is 2.38. The van der Waals surface area contributed by atoms with E-state index in [1.165, 1.54) is 22.7 Å². The summed E-state index contributed by atoms with van der Waals surface area (Å²) in [4.78, 5) is 3.66. The van der Waals surface area contributed by atoms with Gasteiger partial charge in [-0.2, -0.15) is 13.2 Å². The Hall–Kier alpha value is -3.21. The number of hydrogen-bond acceptors (Lipinski definition) is 5. The summed E-state index contributed by atoms with van der Waals surface area (Å²) in [6.45, 7) is 0. The van der Waals surface area contributed by atoms with Crippen molar-refractivity contribution in [3.8, 4) is 0 Å². The molecule has 1 aliphatic carbocycles. The van der Waals surface area contributed by atoms with Gasteiger partial charge in [-0.3, -0.25) is 8.80 Å². The predicted octanol–water partition coefficient (Wildman–Crippen LogP) is 3.74. The third-order valence-corrected chi connectivity index (χ3v) is 5.82. The molecule has 1 aliphatic rings. The topological polar surface area (TPSA) is 85.5 Å². The zero-order valence-electron chi connectivity index (χ0n) is 16.3. The standard InChI is InChI=1S/C20H19F4N7/c21-12-4-5-17-28-29-18(31(17)10-12)19(25)8-6-13(7-9-19)26-15-2-1-3-16-27-14(11-30(15)16)20(22,23)24/h1-5,10-11,13,26H,6-9,25H2. The number of hydrogen-bond donors (Lipinski definition) is 2. The van der Waals surface area contributed by atoms with Gasteiger partial charge in [-0.15, -0.1) is 10.2 Å². The van der Waals surface area contributed by atoms with Crippen LogP contribution in [-0.2, 0) is 11.7 Å². The summed E-state index contributed by atoms with van der Waals surface area (Å²) >= 11 is 0. The molecule has 0 bridgehead atoms. The number of halogens is 4. The maximum Gasteiger partial charge on any atom is 0.434 e. The van der Waals surface area contributed by atoms with Gasteiger partial charge in [-0.05, 0) is 49.9 Å². The lowest BCUT2D eigenvalue weighted by molar-refractivity contribution is -0.140. The van der Waals surface area contributed by atoms with Crippen molar-refractivity contribution < 1.29 is 17.6 Å². The molecule has 162 valence electrons. The molecule has 0 spiro atoms. The second-order valence-corrected chi connectivity index (χ2v) is 7.94. The first-order chi connectivity index (χ1) is 14.7. The van der Waals surface area contributed by atoms with E-state index in [-0.39, 0.29) is 11.7 Å². The fourth-order valence-corrected chi connectivity index (χ4v) is 4.18. The molecule has 1 saturated carbocycles. The minimum absolute atomic E-state index is 0.00920. The van der Waals surface area contributed by atoms with E-state index in [9.17, 15) is 17.6 Å². The van der Waals surface area contributed by atoms with E-state index in [0.717, 1.165) is 6.20 Å². The zero-order chi connectivity index (χ0) is 21.8. The van der Waals surface area contributed by atoms with Gasteiger partial charge in [0, 0.05) is 18.4 Å². The number of anilines is 1. The van der Waals surface area contributed by atoms with Crippen molar-refractivity contribution in [1.82, 2.24) is 24.0 Å². The van der Waals surface area contributed by atoms with Crippen LogP contribution in [0.2, 0.25) is 0 Å². The largest absolute Gasteiger partial charge is 0.434 e.